The van der Waals surface area contributed by atoms with Crippen LogP contribution >= 0.6 is 7.37 Å². The molecule has 0 aliphatic heterocycles. The van der Waals surface area contributed by atoms with Gasteiger partial charge in [-0.25, -0.2) is 0 Å². The first-order chi connectivity index (χ1) is 10.2. The molecular weight excluding hydrogens is 279 g/mol. The zero-order valence-electron chi connectivity index (χ0n) is 13.4. The van der Waals surface area contributed by atoms with Crippen molar-refractivity contribution in [3.63, 3.8) is 0 Å². The second-order valence-corrected chi connectivity index (χ2v) is 8.23. The molecule has 0 bridgehead atoms. The summed E-state index contributed by atoms with van der Waals surface area (Å²) in [6.07, 6.45) is 12.6. The molecular formula is C18H30O2P-. The molecule has 0 aliphatic rings. The van der Waals surface area contributed by atoms with Crippen LogP contribution < -0.4 is 10.2 Å². The fourth-order valence-electron chi connectivity index (χ4n) is 2.59. The monoisotopic (exact) mass is 309 g/mol. The van der Waals surface area contributed by atoms with Crippen LogP contribution in [0.3, 0.4) is 0 Å². The first kappa shape index (κ1) is 18.5. The third kappa shape index (κ3) is 8.44. The molecule has 21 heavy (non-hydrogen) atoms. The lowest BCUT2D eigenvalue weighted by Gasteiger charge is -2.23. The van der Waals surface area contributed by atoms with Crippen LogP contribution in [0.15, 0.2) is 30.3 Å². The van der Waals surface area contributed by atoms with Crippen LogP contribution in [0, 0.1) is 0 Å². The van der Waals surface area contributed by atoms with Gasteiger partial charge in [0.05, 0.1) is 0 Å². The van der Waals surface area contributed by atoms with Gasteiger partial charge in [-0.05, 0) is 17.9 Å². The molecule has 0 fully saturated rings. The highest BCUT2D eigenvalue weighted by Gasteiger charge is 2.09. The molecule has 2 nitrogen and oxygen atoms in total. The first-order valence-electron chi connectivity index (χ1n) is 8.52. The molecule has 1 rings (SSSR count). The highest BCUT2D eigenvalue weighted by molar-refractivity contribution is 7.64. The molecule has 0 N–H and O–H groups in total. The van der Waals surface area contributed by atoms with Crippen LogP contribution in [-0.4, -0.2) is 6.16 Å². The Kier molecular flexibility index (Phi) is 9.70. The Balaban J connectivity index is 2.03. The van der Waals surface area contributed by atoms with Gasteiger partial charge in [0, 0.05) is 7.37 Å². The third-order valence-corrected chi connectivity index (χ3v) is 5.95. The summed E-state index contributed by atoms with van der Waals surface area (Å²) in [6, 6.07) is 8.83. The first-order valence-corrected chi connectivity index (χ1v) is 10.3. The van der Waals surface area contributed by atoms with Crippen LogP contribution in [0.2, 0.25) is 0 Å². The average Bonchev–Trinajstić information content (AvgIpc) is 2.50. The van der Waals surface area contributed by atoms with Gasteiger partial charge in [-0.3, -0.25) is 0 Å². The van der Waals surface area contributed by atoms with Gasteiger partial charge < -0.3 is 9.46 Å². The normalized spacial score (nSPS) is 14.0. The molecule has 120 valence electrons. The van der Waals surface area contributed by atoms with E-state index in [1.54, 1.807) is 24.3 Å². The van der Waals surface area contributed by atoms with Crippen molar-refractivity contribution in [3.05, 3.63) is 30.3 Å². The Morgan fingerprint density at radius 2 is 1.29 bits per heavy atom. The molecule has 0 heterocycles. The van der Waals surface area contributed by atoms with Gasteiger partial charge in [0.2, 0.25) is 0 Å². The highest BCUT2D eigenvalue weighted by Crippen LogP contribution is 2.35. The van der Waals surface area contributed by atoms with Gasteiger partial charge in [-0.1, -0.05) is 95.0 Å². The van der Waals surface area contributed by atoms with E-state index in [0.717, 1.165) is 12.8 Å². The summed E-state index contributed by atoms with van der Waals surface area (Å²) in [5.74, 6) is 0. The Morgan fingerprint density at radius 1 is 0.810 bits per heavy atom. The van der Waals surface area contributed by atoms with E-state index < -0.39 is 7.37 Å². The quantitative estimate of drug-likeness (QED) is 0.408. The summed E-state index contributed by atoms with van der Waals surface area (Å²) in [5.41, 5.74) is 0. The lowest BCUT2D eigenvalue weighted by molar-refractivity contribution is -0.171. The summed E-state index contributed by atoms with van der Waals surface area (Å²) >= 11 is 0. The Morgan fingerprint density at radius 3 is 1.81 bits per heavy atom. The minimum absolute atomic E-state index is 0.313. The van der Waals surface area contributed by atoms with Crippen molar-refractivity contribution in [1.82, 2.24) is 0 Å². The molecule has 3 heteroatoms. The average molecular weight is 309 g/mol. The Labute approximate surface area is 130 Å². The Bertz CT molecular complexity index is 403. The summed E-state index contributed by atoms with van der Waals surface area (Å²) in [6.45, 7) is 2.24. The van der Waals surface area contributed by atoms with Crippen LogP contribution in [0.25, 0.3) is 0 Å². The van der Waals surface area contributed by atoms with Crippen molar-refractivity contribution in [2.45, 2.75) is 71.1 Å². The molecule has 1 aromatic carbocycles. The minimum atomic E-state index is -3.37. The van der Waals surface area contributed by atoms with Gasteiger partial charge in [-0.15, -0.1) is 0 Å². The van der Waals surface area contributed by atoms with Crippen molar-refractivity contribution in [2.75, 3.05) is 6.16 Å². The number of benzene rings is 1. The summed E-state index contributed by atoms with van der Waals surface area (Å²) in [4.78, 5) is 12.1. The van der Waals surface area contributed by atoms with Crippen LogP contribution in [-0.2, 0) is 4.57 Å². The van der Waals surface area contributed by atoms with Crippen molar-refractivity contribution >= 4 is 12.7 Å². The van der Waals surface area contributed by atoms with E-state index in [1.807, 2.05) is 6.07 Å². The van der Waals surface area contributed by atoms with E-state index in [1.165, 1.54) is 51.4 Å². The Hall–Kier alpha value is -0.590. The molecule has 0 amide bonds. The van der Waals surface area contributed by atoms with Crippen molar-refractivity contribution in [2.24, 2.45) is 0 Å². The van der Waals surface area contributed by atoms with Gasteiger partial charge in [0.25, 0.3) is 0 Å². The maximum Gasteiger partial charge on any atom is 0.0433 e. The van der Waals surface area contributed by atoms with Crippen LogP contribution in [0.1, 0.15) is 71.1 Å². The molecule has 0 saturated carbocycles. The van der Waals surface area contributed by atoms with Gasteiger partial charge in [0.1, 0.15) is 0 Å². The summed E-state index contributed by atoms with van der Waals surface area (Å²) in [7, 11) is -3.37. The van der Waals surface area contributed by atoms with E-state index in [4.69, 9.17) is 0 Å². The van der Waals surface area contributed by atoms with Gasteiger partial charge in [0.15, 0.2) is 0 Å². The predicted octanol–water partition coefficient (Wildman–Crippen LogP) is 4.87. The molecule has 0 spiro atoms. The van der Waals surface area contributed by atoms with E-state index in [9.17, 15) is 9.46 Å². The molecule has 0 saturated heterocycles. The highest BCUT2D eigenvalue weighted by atomic mass is 31.2. The standard InChI is InChI=1S/C18H31O2P/c1-2-3-4-5-6-7-8-9-10-14-17-21(19,20)18-15-12-11-13-16-18/h11-13,15-16H,2-10,14,17H2,1H3,(H,19,20)/p-1. The predicted molar refractivity (Wildman–Crippen MR) is 90.4 cm³/mol. The smallest absolute Gasteiger partial charge is 0.0433 e. The van der Waals surface area contributed by atoms with E-state index in [0.29, 0.717) is 11.5 Å². The second-order valence-electron chi connectivity index (χ2n) is 5.91. The van der Waals surface area contributed by atoms with Gasteiger partial charge >= 0.3 is 0 Å². The fourth-order valence-corrected chi connectivity index (χ4v) is 4.12. The maximum atomic E-state index is 12.1. The second kappa shape index (κ2) is 11.0. The number of hydrogen-bond acceptors (Lipinski definition) is 2. The zero-order chi connectivity index (χ0) is 15.4. The van der Waals surface area contributed by atoms with E-state index >= 15 is 0 Å². The van der Waals surface area contributed by atoms with Crippen LogP contribution in [0.4, 0.5) is 0 Å². The lowest BCUT2D eigenvalue weighted by Crippen LogP contribution is -2.17. The van der Waals surface area contributed by atoms with Crippen LogP contribution in [0.5, 0.6) is 0 Å². The summed E-state index contributed by atoms with van der Waals surface area (Å²) < 4.78 is 12.1. The van der Waals surface area contributed by atoms with E-state index in [-0.39, 0.29) is 0 Å². The van der Waals surface area contributed by atoms with Crippen molar-refractivity contribution in [1.29, 1.82) is 0 Å². The lowest BCUT2D eigenvalue weighted by atomic mass is 10.1. The zero-order valence-corrected chi connectivity index (χ0v) is 14.3. The van der Waals surface area contributed by atoms with E-state index in [2.05, 4.69) is 6.92 Å². The molecule has 0 aliphatic carbocycles. The fraction of sp³-hybridized carbons (Fsp3) is 0.667. The van der Waals surface area contributed by atoms with Gasteiger partial charge in [-0.2, -0.15) is 0 Å². The third-order valence-electron chi connectivity index (χ3n) is 3.96. The molecule has 1 aromatic rings. The van der Waals surface area contributed by atoms with Crippen molar-refractivity contribution < 1.29 is 9.46 Å². The van der Waals surface area contributed by atoms with Crippen molar-refractivity contribution in [3.8, 4) is 0 Å². The topological polar surface area (TPSA) is 40.1 Å². The maximum absolute atomic E-state index is 12.1. The number of rotatable bonds is 12. The molecule has 0 radical (unpaired) electrons. The molecule has 1 unspecified atom stereocenters. The number of unbranched alkanes of at least 4 members (excludes halogenated alkanes) is 9. The minimum Gasteiger partial charge on any atom is -0.796 e. The molecule has 1 atom stereocenters. The SMILES string of the molecule is CCCCCCCCCCCCP(=O)([O-])c1ccccc1. The molecule has 0 aromatic heterocycles. The largest absolute Gasteiger partial charge is 0.796 e. The summed E-state index contributed by atoms with van der Waals surface area (Å²) in [5, 5.41) is 0.487. The number of hydrogen-bond donors (Lipinski definition) is 0.